The van der Waals surface area contributed by atoms with Crippen molar-refractivity contribution in [1.82, 2.24) is 19.7 Å². The molecule has 168 valence electrons. The first-order valence-electron chi connectivity index (χ1n) is 11.0. The second kappa shape index (κ2) is 8.27. The maximum absolute atomic E-state index is 14.8. The average Bonchev–Trinajstić information content (AvgIpc) is 3.31. The molecule has 1 N–H and O–H groups in total. The van der Waals surface area contributed by atoms with E-state index < -0.39 is 11.7 Å². The van der Waals surface area contributed by atoms with Crippen molar-refractivity contribution in [1.29, 1.82) is 0 Å². The number of amides is 1. The van der Waals surface area contributed by atoms with Gasteiger partial charge in [0.1, 0.15) is 23.6 Å². The topological polar surface area (TPSA) is 85.8 Å². The molecule has 0 bridgehead atoms. The number of nitrogens with one attached hydrogen (secondary N) is 1. The van der Waals surface area contributed by atoms with Gasteiger partial charge in [-0.1, -0.05) is 25.1 Å². The molecule has 5 rings (SSSR count). The third kappa shape index (κ3) is 4.16. The van der Waals surface area contributed by atoms with Gasteiger partial charge in [-0.05, 0) is 55.5 Å². The van der Waals surface area contributed by atoms with Crippen LogP contribution in [0.4, 0.5) is 10.2 Å². The SMILES string of the molecule is Cc1cc(F)c(C(=O)Nc2cccc(-c3nocc3C(C)C)n2)cc1-n1cnc(C2CC2)c1. The first-order valence-corrected chi connectivity index (χ1v) is 11.0. The molecule has 3 heterocycles. The zero-order valence-corrected chi connectivity index (χ0v) is 18.7. The number of hydrogen-bond donors (Lipinski definition) is 1. The number of carbonyl (C=O) groups is 1. The number of halogens is 1. The lowest BCUT2D eigenvalue weighted by atomic mass is 10.0. The molecule has 0 atom stereocenters. The van der Waals surface area contributed by atoms with Gasteiger partial charge in [-0.2, -0.15) is 0 Å². The Hall–Kier alpha value is -3.81. The normalized spacial score (nSPS) is 13.5. The lowest BCUT2D eigenvalue weighted by molar-refractivity contribution is 0.102. The lowest BCUT2D eigenvalue weighted by Crippen LogP contribution is -2.16. The van der Waals surface area contributed by atoms with Crippen LogP contribution in [0.15, 0.2) is 53.6 Å². The number of imidazole rings is 1. The van der Waals surface area contributed by atoms with Gasteiger partial charge in [0.05, 0.1) is 29.0 Å². The van der Waals surface area contributed by atoms with Crippen molar-refractivity contribution in [2.24, 2.45) is 0 Å². The molecule has 1 amide bonds. The van der Waals surface area contributed by atoms with Crippen LogP contribution >= 0.6 is 0 Å². The minimum Gasteiger partial charge on any atom is -0.364 e. The fourth-order valence-corrected chi connectivity index (χ4v) is 3.84. The number of anilines is 1. The number of rotatable bonds is 6. The summed E-state index contributed by atoms with van der Waals surface area (Å²) in [7, 11) is 0. The van der Waals surface area contributed by atoms with Crippen LogP contribution in [0.25, 0.3) is 17.1 Å². The van der Waals surface area contributed by atoms with Crippen LogP contribution < -0.4 is 5.32 Å². The Morgan fingerprint density at radius 1 is 1.27 bits per heavy atom. The highest BCUT2D eigenvalue weighted by molar-refractivity contribution is 6.04. The molecule has 8 heteroatoms. The number of aromatic nitrogens is 4. The van der Waals surface area contributed by atoms with Crippen molar-refractivity contribution in [2.45, 2.75) is 45.4 Å². The molecule has 1 aliphatic rings. The standard InChI is InChI=1S/C25H24FN5O2/c1-14(2)18-12-33-30-24(18)20-5-4-6-23(28-20)29-25(32)17-10-22(15(3)9-19(17)26)31-11-21(27-13-31)16-7-8-16/h4-6,9-14,16H,7-8H2,1-3H3,(H,28,29,32). The highest BCUT2D eigenvalue weighted by Crippen LogP contribution is 2.39. The monoisotopic (exact) mass is 445 g/mol. The summed E-state index contributed by atoms with van der Waals surface area (Å²) >= 11 is 0. The van der Waals surface area contributed by atoms with Gasteiger partial charge >= 0.3 is 0 Å². The number of carbonyl (C=O) groups excluding carboxylic acids is 1. The molecule has 1 saturated carbocycles. The van der Waals surface area contributed by atoms with E-state index in [1.807, 2.05) is 31.5 Å². The van der Waals surface area contributed by atoms with Crippen molar-refractivity contribution in [3.05, 3.63) is 77.3 Å². The van der Waals surface area contributed by atoms with E-state index in [0.29, 0.717) is 28.8 Å². The van der Waals surface area contributed by atoms with E-state index in [9.17, 15) is 9.18 Å². The van der Waals surface area contributed by atoms with Crippen LogP contribution in [-0.2, 0) is 0 Å². The van der Waals surface area contributed by atoms with Crippen molar-refractivity contribution in [3.63, 3.8) is 0 Å². The summed E-state index contributed by atoms with van der Waals surface area (Å²) in [6, 6.07) is 8.13. The van der Waals surface area contributed by atoms with Gasteiger partial charge in [0.2, 0.25) is 0 Å². The highest BCUT2D eigenvalue weighted by atomic mass is 19.1. The summed E-state index contributed by atoms with van der Waals surface area (Å²) in [6.07, 6.45) is 7.55. The fraction of sp³-hybridized carbons (Fsp3) is 0.280. The summed E-state index contributed by atoms with van der Waals surface area (Å²) in [5, 5.41) is 6.76. The number of pyridine rings is 1. The Morgan fingerprint density at radius 3 is 2.85 bits per heavy atom. The van der Waals surface area contributed by atoms with E-state index >= 15 is 0 Å². The quantitative estimate of drug-likeness (QED) is 0.416. The zero-order valence-electron chi connectivity index (χ0n) is 18.7. The second-order valence-electron chi connectivity index (χ2n) is 8.73. The van der Waals surface area contributed by atoms with Gasteiger partial charge in [-0.15, -0.1) is 0 Å². The molecule has 1 fully saturated rings. The van der Waals surface area contributed by atoms with E-state index in [0.717, 1.165) is 29.7 Å². The molecule has 0 saturated heterocycles. The summed E-state index contributed by atoms with van der Waals surface area (Å²) in [5.74, 6) is -0.157. The lowest BCUT2D eigenvalue weighted by Gasteiger charge is -2.12. The number of hydrogen-bond acceptors (Lipinski definition) is 5. The molecule has 0 spiro atoms. The molecule has 0 radical (unpaired) electrons. The van der Waals surface area contributed by atoms with E-state index in [-0.39, 0.29) is 11.5 Å². The van der Waals surface area contributed by atoms with Crippen molar-refractivity contribution < 1.29 is 13.7 Å². The summed E-state index contributed by atoms with van der Waals surface area (Å²) in [4.78, 5) is 21.9. The maximum atomic E-state index is 14.8. The number of nitrogens with zero attached hydrogens (tertiary/aromatic N) is 4. The second-order valence-corrected chi connectivity index (χ2v) is 8.73. The van der Waals surface area contributed by atoms with Crippen LogP contribution in [0.2, 0.25) is 0 Å². The van der Waals surface area contributed by atoms with Crippen LogP contribution in [0.5, 0.6) is 0 Å². The fourth-order valence-electron chi connectivity index (χ4n) is 3.84. The molecule has 1 aromatic carbocycles. The molecule has 33 heavy (non-hydrogen) atoms. The first-order chi connectivity index (χ1) is 15.9. The Bertz CT molecular complexity index is 1340. The van der Waals surface area contributed by atoms with E-state index in [1.54, 1.807) is 36.9 Å². The third-order valence-corrected chi connectivity index (χ3v) is 5.86. The van der Waals surface area contributed by atoms with Crippen LogP contribution in [0.1, 0.15) is 65.7 Å². The van der Waals surface area contributed by atoms with Gasteiger partial charge < -0.3 is 14.4 Å². The number of benzene rings is 1. The van der Waals surface area contributed by atoms with Crippen LogP contribution in [0.3, 0.4) is 0 Å². The van der Waals surface area contributed by atoms with Gasteiger partial charge in [-0.3, -0.25) is 4.79 Å². The van der Waals surface area contributed by atoms with Gasteiger partial charge in [0, 0.05) is 17.7 Å². The number of aryl methyl sites for hydroxylation is 1. The highest BCUT2D eigenvalue weighted by Gasteiger charge is 2.26. The van der Waals surface area contributed by atoms with Crippen molar-refractivity contribution in [3.8, 4) is 17.1 Å². The minimum atomic E-state index is -0.592. The van der Waals surface area contributed by atoms with Gasteiger partial charge in [0.25, 0.3) is 5.91 Å². The van der Waals surface area contributed by atoms with Gasteiger partial charge in [-0.25, -0.2) is 14.4 Å². The molecule has 0 aliphatic heterocycles. The molecule has 3 aromatic heterocycles. The Morgan fingerprint density at radius 2 is 2.09 bits per heavy atom. The average molecular weight is 445 g/mol. The molecule has 4 aromatic rings. The van der Waals surface area contributed by atoms with Crippen molar-refractivity contribution in [2.75, 3.05) is 5.32 Å². The van der Waals surface area contributed by atoms with Gasteiger partial charge in [0.15, 0.2) is 0 Å². The largest absolute Gasteiger partial charge is 0.364 e. The predicted molar refractivity (Wildman–Crippen MR) is 122 cm³/mol. The van der Waals surface area contributed by atoms with Crippen LogP contribution in [0, 0.1) is 12.7 Å². The zero-order chi connectivity index (χ0) is 23.1. The predicted octanol–water partition coefficient (Wildman–Crippen LogP) is 5.62. The van der Waals surface area contributed by atoms with Crippen molar-refractivity contribution >= 4 is 11.7 Å². The molecule has 7 nitrogen and oxygen atoms in total. The third-order valence-electron chi connectivity index (χ3n) is 5.86. The molecular weight excluding hydrogens is 421 g/mol. The Kier molecular flexibility index (Phi) is 5.28. The first kappa shape index (κ1) is 21.1. The maximum Gasteiger partial charge on any atom is 0.259 e. The van der Waals surface area contributed by atoms with E-state index in [2.05, 4.69) is 20.4 Å². The summed E-state index contributed by atoms with van der Waals surface area (Å²) in [5.41, 5.74) is 4.51. The Balaban J connectivity index is 1.42. The minimum absolute atomic E-state index is 0.0613. The summed E-state index contributed by atoms with van der Waals surface area (Å²) in [6.45, 7) is 5.88. The summed E-state index contributed by atoms with van der Waals surface area (Å²) < 4.78 is 21.7. The smallest absolute Gasteiger partial charge is 0.259 e. The van der Waals surface area contributed by atoms with E-state index in [4.69, 9.17) is 4.52 Å². The molecule has 0 unspecified atom stereocenters. The Labute approximate surface area is 190 Å². The molecular formula is C25H24FN5O2. The van der Waals surface area contributed by atoms with Crippen LogP contribution in [-0.4, -0.2) is 25.6 Å². The molecule has 1 aliphatic carbocycles. The van der Waals surface area contributed by atoms with E-state index in [1.165, 1.54) is 6.07 Å².